The molecule has 0 aliphatic carbocycles. The first kappa shape index (κ1) is 40.5. The fraction of sp³-hybridized carbons (Fsp3) is 0.543. The Kier molecular flexibility index (Phi) is 15.0. The Labute approximate surface area is 288 Å². The molecule has 4 atom stereocenters. The van der Waals surface area contributed by atoms with E-state index in [0.717, 1.165) is 5.56 Å². The molecule has 0 aliphatic heterocycles. The predicted octanol–water partition coefficient (Wildman–Crippen LogP) is 2.18. The van der Waals surface area contributed by atoms with Crippen molar-refractivity contribution in [3.63, 3.8) is 0 Å². The summed E-state index contributed by atoms with van der Waals surface area (Å²) in [7, 11) is 5.66. The Bertz CT molecular complexity index is 1450. The van der Waals surface area contributed by atoms with Gasteiger partial charge in [-0.05, 0) is 54.4 Å². The van der Waals surface area contributed by atoms with Gasteiger partial charge in [-0.2, -0.15) is 0 Å². The number of imidazole rings is 1. The highest BCUT2D eigenvalue weighted by Gasteiger charge is 2.36. The number of carbonyl (C=O) groups excluding carboxylic acids is 4. The number of nitrogens with one attached hydrogen (secondary N) is 5. The molecule has 1 aromatic heterocycles. The smallest absolute Gasteiger partial charge is 0.352 e. The van der Waals surface area contributed by atoms with Crippen molar-refractivity contribution in [1.29, 1.82) is 0 Å². The minimum absolute atomic E-state index is 0.0272. The van der Waals surface area contributed by atoms with Gasteiger partial charge in [-0.1, -0.05) is 53.7 Å². The van der Waals surface area contributed by atoms with Crippen LogP contribution in [0.5, 0.6) is 5.75 Å². The van der Waals surface area contributed by atoms with Crippen molar-refractivity contribution in [2.24, 2.45) is 17.8 Å². The topological polar surface area (TPSA) is 203 Å². The SMILES string of the molecule is CC(C)C[C@H](NC(=O)C(Cc1ccc(O)cc1)[N+](C)(C)C)C(=O)N[C@H](C(=O)N[C@@H](CC(C)C)C(=O)N/C(=C\c1cnc[nH]1)C(=O)O)C(C)C. The summed E-state index contributed by atoms with van der Waals surface area (Å²) < 4.78 is 0.278. The van der Waals surface area contributed by atoms with Gasteiger partial charge < -0.3 is 40.9 Å². The fourth-order valence-electron chi connectivity index (χ4n) is 5.17. The zero-order valence-electron chi connectivity index (χ0n) is 30.0. The molecule has 270 valence electrons. The number of aromatic hydroxyl groups is 1. The zero-order chi connectivity index (χ0) is 37.1. The summed E-state index contributed by atoms with van der Waals surface area (Å²) in [6.07, 6.45) is 4.86. The highest BCUT2D eigenvalue weighted by Crippen LogP contribution is 2.17. The number of phenolic OH excluding ortho intramolecular Hbond substituents is 1. The van der Waals surface area contributed by atoms with Crippen LogP contribution in [0.2, 0.25) is 0 Å². The molecule has 14 nitrogen and oxygen atoms in total. The van der Waals surface area contributed by atoms with Crippen LogP contribution in [0.4, 0.5) is 0 Å². The second kappa shape index (κ2) is 18.2. The molecule has 1 unspecified atom stereocenters. The van der Waals surface area contributed by atoms with Crippen molar-refractivity contribution in [3.05, 3.63) is 53.7 Å². The molecular formula is C35H54N7O7+. The van der Waals surface area contributed by atoms with Crippen molar-refractivity contribution in [2.45, 2.75) is 85.0 Å². The lowest BCUT2D eigenvalue weighted by molar-refractivity contribution is -0.886. The molecular weight excluding hydrogens is 630 g/mol. The number of quaternary nitrogens is 1. The van der Waals surface area contributed by atoms with E-state index in [9.17, 15) is 34.2 Å². The molecule has 0 aliphatic rings. The number of amides is 4. The minimum Gasteiger partial charge on any atom is -0.508 e. The first-order valence-electron chi connectivity index (χ1n) is 16.5. The van der Waals surface area contributed by atoms with E-state index in [2.05, 4.69) is 31.2 Å². The van der Waals surface area contributed by atoms with Gasteiger partial charge in [-0.3, -0.25) is 19.2 Å². The van der Waals surface area contributed by atoms with Gasteiger partial charge in [0.15, 0.2) is 6.04 Å². The van der Waals surface area contributed by atoms with Crippen molar-refractivity contribution >= 4 is 35.7 Å². The van der Waals surface area contributed by atoms with Gasteiger partial charge in [0.1, 0.15) is 29.6 Å². The van der Waals surface area contributed by atoms with Crippen LogP contribution in [0, 0.1) is 17.8 Å². The van der Waals surface area contributed by atoms with E-state index < -0.39 is 59.5 Å². The number of hydrogen-bond donors (Lipinski definition) is 7. The van der Waals surface area contributed by atoms with Crippen molar-refractivity contribution < 1.29 is 38.7 Å². The van der Waals surface area contributed by atoms with E-state index in [1.807, 2.05) is 48.8 Å². The number of hydrogen-bond acceptors (Lipinski definition) is 7. The van der Waals surface area contributed by atoms with Gasteiger partial charge in [-0.25, -0.2) is 9.78 Å². The number of carbonyl (C=O) groups is 5. The third-order valence-electron chi connectivity index (χ3n) is 7.84. The Hall–Kier alpha value is -4.72. The number of carboxylic acid groups (broad SMARTS) is 1. The lowest BCUT2D eigenvalue weighted by Gasteiger charge is -2.34. The zero-order valence-corrected chi connectivity index (χ0v) is 30.0. The maximum atomic E-state index is 13.8. The molecule has 49 heavy (non-hydrogen) atoms. The van der Waals surface area contributed by atoms with Crippen LogP contribution < -0.4 is 21.3 Å². The summed E-state index contributed by atoms with van der Waals surface area (Å²) in [6.45, 7) is 11.1. The Balaban J connectivity index is 2.26. The fourth-order valence-corrected chi connectivity index (χ4v) is 5.17. The largest absolute Gasteiger partial charge is 0.508 e. The molecule has 0 spiro atoms. The number of benzene rings is 1. The normalized spacial score (nSPS) is 14.6. The molecule has 1 aromatic carbocycles. The average molecular weight is 685 g/mol. The maximum absolute atomic E-state index is 13.8. The van der Waals surface area contributed by atoms with Crippen LogP contribution in [0.15, 0.2) is 42.5 Å². The average Bonchev–Trinajstić information content (AvgIpc) is 3.50. The van der Waals surface area contributed by atoms with Gasteiger partial charge in [0.2, 0.25) is 17.7 Å². The van der Waals surface area contributed by atoms with Crippen LogP contribution in [-0.4, -0.2) is 99.6 Å². The molecule has 0 saturated carbocycles. The van der Waals surface area contributed by atoms with Crippen LogP contribution in [0.3, 0.4) is 0 Å². The van der Waals surface area contributed by atoms with Crippen molar-refractivity contribution in [2.75, 3.05) is 21.1 Å². The lowest BCUT2D eigenvalue weighted by Crippen LogP contribution is -2.61. The highest BCUT2D eigenvalue weighted by molar-refractivity contribution is 5.99. The highest BCUT2D eigenvalue weighted by atomic mass is 16.4. The molecule has 2 rings (SSSR count). The molecule has 14 heteroatoms. The van der Waals surface area contributed by atoms with Crippen molar-refractivity contribution in [3.8, 4) is 5.75 Å². The van der Waals surface area contributed by atoms with Crippen LogP contribution in [0.1, 0.15) is 65.6 Å². The summed E-state index contributed by atoms with van der Waals surface area (Å²) in [5.74, 6) is -3.90. The number of aromatic amines is 1. The molecule has 0 fully saturated rings. The Morgan fingerprint density at radius 2 is 1.37 bits per heavy atom. The van der Waals surface area contributed by atoms with E-state index in [0.29, 0.717) is 18.5 Å². The van der Waals surface area contributed by atoms with E-state index in [1.54, 1.807) is 38.1 Å². The van der Waals surface area contributed by atoms with Crippen LogP contribution >= 0.6 is 0 Å². The number of rotatable bonds is 18. The molecule has 2 aromatic rings. The van der Waals surface area contributed by atoms with E-state index in [4.69, 9.17) is 0 Å². The number of carboxylic acids is 1. The molecule has 0 saturated heterocycles. The first-order chi connectivity index (χ1) is 22.8. The standard InChI is InChI=1S/C35H53N7O7/c1-20(2)14-26(31(44)40-28(35(48)49)17-24-18-36-19-37-24)39-34(47)30(22(5)6)41-32(45)27(15-21(3)4)38-33(46)29(42(7,8)9)16-23-10-12-25(43)13-11-23/h10-13,17-22,26-27,29-30H,14-16H2,1-9H3,(H6-,36,37,38,39,40,41,43,44,45,46,47,48,49)/p+1/b28-17-/t26-,27-,29?,30-/m0/s1. The summed E-state index contributed by atoms with van der Waals surface area (Å²) in [5, 5.41) is 30.2. The number of aliphatic carboxylic acids is 1. The molecule has 0 bridgehead atoms. The van der Waals surface area contributed by atoms with Crippen LogP contribution in [-0.2, 0) is 30.4 Å². The van der Waals surface area contributed by atoms with E-state index in [1.165, 1.54) is 18.6 Å². The van der Waals surface area contributed by atoms with Gasteiger partial charge in [0.05, 0.1) is 39.4 Å². The number of H-pyrrole nitrogens is 1. The van der Waals surface area contributed by atoms with Crippen molar-refractivity contribution in [1.82, 2.24) is 31.2 Å². The van der Waals surface area contributed by atoms with Gasteiger partial charge in [0.25, 0.3) is 5.91 Å². The third kappa shape index (κ3) is 13.4. The summed E-state index contributed by atoms with van der Waals surface area (Å²) in [5.41, 5.74) is 0.802. The molecule has 4 amide bonds. The Morgan fingerprint density at radius 3 is 1.84 bits per heavy atom. The summed E-state index contributed by atoms with van der Waals surface area (Å²) in [6, 6.07) is 2.94. The van der Waals surface area contributed by atoms with Gasteiger partial charge >= 0.3 is 5.97 Å². The number of phenols is 1. The van der Waals surface area contributed by atoms with E-state index in [-0.39, 0.29) is 34.4 Å². The first-order valence-corrected chi connectivity index (χ1v) is 16.5. The molecule has 7 N–H and O–H groups in total. The maximum Gasteiger partial charge on any atom is 0.352 e. The second-order valence-corrected chi connectivity index (χ2v) is 14.5. The van der Waals surface area contributed by atoms with Gasteiger partial charge in [0, 0.05) is 6.42 Å². The summed E-state index contributed by atoms with van der Waals surface area (Å²) in [4.78, 5) is 72.9. The Morgan fingerprint density at radius 1 is 0.816 bits per heavy atom. The number of aromatic nitrogens is 2. The molecule has 0 radical (unpaired) electrons. The monoisotopic (exact) mass is 684 g/mol. The quantitative estimate of drug-likeness (QED) is 0.0914. The number of nitrogens with zero attached hydrogens (tertiary/aromatic N) is 2. The second-order valence-electron chi connectivity index (χ2n) is 14.5. The summed E-state index contributed by atoms with van der Waals surface area (Å²) >= 11 is 0. The lowest BCUT2D eigenvalue weighted by atomic mass is 9.97. The van der Waals surface area contributed by atoms with Gasteiger partial charge in [-0.15, -0.1) is 0 Å². The molecule has 1 heterocycles. The van der Waals surface area contributed by atoms with Crippen LogP contribution in [0.25, 0.3) is 6.08 Å². The number of likely N-dealkylation sites (N-methyl/N-ethyl adjacent to an activating group) is 1. The predicted molar refractivity (Wildman–Crippen MR) is 186 cm³/mol. The third-order valence-corrected chi connectivity index (χ3v) is 7.84. The minimum atomic E-state index is -1.38. The van der Waals surface area contributed by atoms with E-state index >= 15 is 0 Å².